The van der Waals surface area contributed by atoms with Crippen LogP contribution in [0, 0.1) is 5.92 Å². The molecule has 0 aliphatic rings. The lowest BCUT2D eigenvalue weighted by Gasteiger charge is -2.08. The summed E-state index contributed by atoms with van der Waals surface area (Å²) in [5.74, 6) is 0.717. The molecule has 0 amide bonds. The minimum atomic E-state index is 0.717. The van der Waals surface area contributed by atoms with Gasteiger partial charge in [-0.25, -0.2) is 0 Å². The van der Waals surface area contributed by atoms with Crippen LogP contribution in [0.5, 0.6) is 0 Å². The quantitative estimate of drug-likeness (QED) is 0.673. The summed E-state index contributed by atoms with van der Waals surface area (Å²) in [6.07, 6.45) is 2.32. The fraction of sp³-hybridized carbons (Fsp3) is 0.625. The highest BCUT2D eigenvalue weighted by molar-refractivity contribution is 5.22. The van der Waals surface area contributed by atoms with Crippen LogP contribution in [0.15, 0.2) is 24.3 Å². The predicted molar refractivity (Wildman–Crippen MR) is 77.6 cm³/mol. The van der Waals surface area contributed by atoms with E-state index in [9.17, 15) is 0 Å². The molecule has 0 heterocycles. The maximum Gasteiger partial charge on any atom is 0.0716 e. The van der Waals surface area contributed by atoms with Crippen LogP contribution in [0.25, 0.3) is 0 Å². The summed E-state index contributed by atoms with van der Waals surface area (Å²) in [5, 5.41) is 3.42. The van der Waals surface area contributed by atoms with Gasteiger partial charge in [-0.3, -0.25) is 0 Å². The van der Waals surface area contributed by atoms with Gasteiger partial charge in [-0.05, 0) is 36.4 Å². The average Bonchev–Trinajstić information content (AvgIpc) is 2.35. The standard InChI is InChI=1S/C16H27NO/c1-4-9-17-12-15-6-5-7-16(11-15)13-18-10-8-14(2)3/h5-7,11,14,17H,4,8-10,12-13H2,1-3H3. The molecule has 0 aliphatic heterocycles. The molecular formula is C16H27NO. The zero-order valence-corrected chi connectivity index (χ0v) is 12.0. The highest BCUT2D eigenvalue weighted by Gasteiger charge is 1.98. The molecule has 1 rings (SSSR count). The second-order valence-electron chi connectivity index (χ2n) is 5.23. The van der Waals surface area contributed by atoms with Gasteiger partial charge in [0.1, 0.15) is 0 Å². The van der Waals surface area contributed by atoms with E-state index in [1.807, 2.05) is 0 Å². The summed E-state index contributed by atoms with van der Waals surface area (Å²) < 4.78 is 5.69. The molecule has 0 aliphatic carbocycles. The third kappa shape index (κ3) is 6.77. The second kappa shape index (κ2) is 9.12. The fourth-order valence-corrected chi connectivity index (χ4v) is 1.75. The van der Waals surface area contributed by atoms with Gasteiger partial charge in [-0.1, -0.05) is 45.0 Å². The van der Waals surface area contributed by atoms with Crippen molar-refractivity contribution in [2.45, 2.75) is 46.8 Å². The molecule has 0 spiro atoms. The van der Waals surface area contributed by atoms with Gasteiger partial charge >= 0.3 is 0 Å². The lowest BCUT2D eigenvalue weighted by molar-refractivity contribution is 0.110. The maximum absolute atomic E-state index is 5.69. The molecule has 102 valence electrons. The molecule has 18 heavy (non-hydrogen) atoms. The van der Waals surface area contributed by atoms with E-state index >= 15 is 0 Å². The van der Waals surface area contributed by atoms with E-state index in [0.29, 0.717) is 0 Å². The number of ether oxygens (including phenoxy) is 1. The van der Waals surface area contributed by atoms with E-state index < -0.39 is 0 Å². The van der Waals surface area contributed by atoms with Crippen molar-refractivity contribution < 1.29 is 4.74 Å². The minimum absolute atomic E-state index is 0.717. The van der Waals surface area contributed by atoms with Crippen molar-refractivity contribution in [1.29, 1.82) is 0 Å². The molecule has 1 aromatic rings. The smallest absolute Gasteiger partial charge is 0.0716 e. The zero-order chi connectivity index (χ0) is 13.2. The Hall–Kier alpha value is -0.860. The van der Waals surface area contributed by atoms with Crippen molar-refractivity contribution in [3.8, 4) is 0 Å². The van der Waals surface area contributed by atoms with Crippen LogP contribution in [-0.4, -0.2) is 13.2 Å². The van der Waals surface area contributed by atoms with Crippen molar-refractivity contribution in [3.05, 3.63) is 35.4 Å². The van der Waals surface area contributed by atoms with Crippen LogP contribution in [0.1, 0.15) is 44.7 Å². The molecule has 2 heteroatoms. The van der Waals surface area contributed by atoms with Crippen LogP contribution in [0.2, 0.25) is 0 Å². The number of hydrogen-bond acceptors (Lipinski definition) is 2. The fourth-order valence-electron chi connectivity index (χ4n) is 1.75. The van der Waals surface area contributed by atoms with Crippen LogP contribution in [0.3, 0.4) is 0 Å². The van der Waals surface area contributed by atoms with Gasteiger partial charge in [-0.2, -0.15) is 0 Å². The van der Waals surface area contributed by atoms with E-state index in [1.54, 1.807) is 0 Å². The SMILES string of the molecule is CCCNCc1cccc(COCCC(C)C)c1. The lowest BCUT2D eigenvalue weighted by atomic mass is 10.1. The van der Waals surface area contributed by atoms with Gasteiger partial charge < -0.3 is 10.1 Å². The molecule has 0 saturated carbocycles. The zero-order valence-electron chi connectivity index (χ0n) is 12.0. The van der Waals surface area contributed by atoms with Crippen LogP contribution >= 0.6 is 0 Å². The Morgan fingerprint density at radius 3 is 2.72 bits per heavy atom. The van der Waals surface area contributed by atoms with E-state index in [1.165, 1.54) is 17.5 Å². The Bertz CT molecular complexity index is 323. The third-order valence-electron chi connectivity index (χ3n) is 2.86. The topological polar surface area (TPSA) is 21.3 Å². The van der Waals surface area contributed by atoms with Crippen molar-refractivity contribution in [3.63, 3.8) is 0 Å². The molecule has 0 fully saturated rings. The third-order valence-corrected chi connectivity index (χ3v) is 2.86. The summed E-state index contributed by atoms with van der Waals surface area (Å²) in [6.45, 7) is 10.3. The van der Waals surface area contributed by atoms with Gasteiger partial charge in [0.05, 0.1) is 6.61 Å². The van der Waals surface area contributed by atoms with Crippen molar-refractivity contribution in [2.75, 3.05) is 13.2 Å². The molecular weight excluding hydrogens is 222 g/mol. The highest BCUT2D eigenvalue weighted by Crippen LogP contribution is 2.08. The number of rotatable bonds is 9. The van der Waals surface area contributed by atoms with Crippen molar-refractivity contribution in [2.24, 2.45) is 5.92 Å². The first-order valence-electron chi connectivity index (χ1n) is 7.08. The summed E-state index contributed by atoms with van der Waals surface area (Å²) in [7, 11) is 0. The van der Waals surface area contributed by atoms with Gasteiger partial charge in [0.15, 0.2) is 0 Å². The second-order valence-corrected chi connectivity index (χ2v) is 5.23. The van der Waals surface area contributed by atoms with Gasteiger partial charge in [-0.15, -0.1) is 0 Å². The Morgan fingerprint density at radius 1 is 1.22 bits per heavy atom. The normalized spacial score (nSPS) is 11.1. The molecule has 1 N–H and O–H groups in total. The highest BCUT2D eigenvalue weighted by atomic mass is 16.5. The summed E-state index contributed by atoms with van der Waals surface area (Å²) >= 11 is 0. The lowest BCUT2D eigenvalue weighted by Crippen LogP contribution is -2.13. The molecule has 0 atom stereocenters. The Balaban J connectivity index is 2.30. The first kappa shape index (κ1) is 15.2. The number of benzene rings is 1. The molecule has 0 unspecified atom stereocenters. The molecule has 1 aromatic carbocycles. The summed E-state index contributed by atoms with van der Waals surface area (Å²) in [6, 6.07) is 8.65. The first-order chi connectivity index (χ1) is 8.72. The van der Waals surface area contributed by atoms with E-state index in [0.717, 1.165) is 38.6 Å². The summed E-state index contributed by atoms with van der Waals surface area (Å²) in [4.78, 5) is 0. The van der Waals surface area contributed by atoms with Crippen LogP contribution in [0.4, 0.5) is 0 Å². The van der Waals surface area contributed by atoms with Crippen LogP contribution < -0.4 is 5.32 Å². The predicted octanol–water partition coefficient (Wildman–Crippen LogP) is 3.75. The van der Waals surface area contributed by atoms with Crippen molar-refractivity contribution >= 4 is 0 Å². The Kier molecular flexibility index (Phi) is 7.70. The summed E-state index contributed by atoms with van der Waals surface area (Å²) in [5.41, 5.74) is 2.61. The average molecular weight is 249 g/mol. The Morgan fingerprint density at radius 2 is 2.00 bits per heavy atom. The minimum Gasteiger partial charge on any atom is -0.377 e. The van der Waals surface area contributed by atoms with E-state index in [2.05, 4.69) is 50.4 Å². The molecule has 0 aromatic heterocycles. The van der Waals surface area contributed by atoms with Crippen molar-refractivity contribution in [1.82, 2.24) is 5.32 Å². The number of hydrogen-bond donors (Lipinski definition) is 1. The monoisotopic (exact) mass is 249 g/mol. The molecule has 0 radical (unpaired) electrons. The van der Waals surface area contributed by atoms with Gasteiger partial charge in [0, 0.05) is 13.2 Å². The largest absolute Gasteiger partial charge is 0.377 e. The molecule has 2 nitrogen and oxygen atoms in total. The molecule has 0 saturated heterocycles. The van der Waals surface area contributed by atoms with Gasteiger partial charge in [0.25, 0.3) is 0 Å². The first-order valence-corrected chi connectivity index (χ1v) is 7.08. The maximum atomic E-state index is 5.69. The van der Waals surface area contributed by atoms with Gasteiger partial charge in [0.2, 0.25) is 0 Å². The Labute approximate surface area is 112 Å². The molecule has 0 bridgehead atoms. The number of nitrogens with one attached hydrogen (secondary N) is 1. The van der Waals surface area contributed by atoms with E-state index in [4.69, 9.17) is 4.74 Å². The van der Waals surface area contributed by atoms with Crippen LogP contribution in [-0.2, 0) is 17.9 Å². The van der Waals surface area contributed by atoms with E-state index in [-0.39, 0.29) is 0 Å².